The lowest BCUT2D eigenvalue weighted by molar-refractivity contribution is -0.129. The quantitative estimate of drug-likeness (QED) is 0.776. The Morgan fingerprint density at radius 3 is 2.83 bits per heavy atom. The van der Waals surface area contributed by atoms with Gasteiger partial charge in [0.05, 0.1) is 25.3 Å². The molecule has 0 unspecified atom stereocenters. The minimum Gasteiger partial charge on any atom is -0.495 e. The van der Waals surface area contributed by atoms with E-state index in [9.17, 15) is 9.59 Å². The molecule has 3 N–H and O–H groups in total. The van der Waals surface area contributed by atoms with E-state index in [0.29, 0.717) is 16.5 Å². The van der Waals surface area contributed by atoms with Crippen molar-refractivity contribution in [3.63, 3.8) is 0 Å². The summed E-state index contributed by atoms with van der Waals surface area (Å²) in [5.74, 6) is 0.171. The van der Waals surface area contributed by atoms with Crippen molar-refractivity contribution >= 4 is 29.1 Å². The fourth-order valence-electron chi connectivity index (χ4n) is 3.44. The number of rotatable bonds is 4. The van der Waals surface area contributed by atoms with Crippen LogP contribution in [0, 0.1) is 0 Å². The molecule has 1 aliphatic heterocycles. The van der Waals surface area contributed by atoms with E-state index in [4.69, 9.17) is 16.3 Å². The van der Waals surface area contributed by atoms with Crippen LogP contribution in [0.3, 0.4) is 0 Å². The summed E-state index contributed by atoms with van der Waals surface area (Å²) in [5.41, 5.74) is 0.502. The molecule has 0 spiro atoms. The predicted molar refractivity (Wildman–Crippen MR) is 92.4 cm³/mol. The van der Waals surface area contributed by atoms with E-state index in [1.54, 1.807) is 18.2 Å². The Bertz CT molecular complexity index is 638. The van der Waals surface area contributed by atoms with Crippen molar-refractivity contribution in [3.05, 3.63) is 23.2 Å². The molecular weight excluding hydrogens is 330 g/mol. The maximum atomic E-state index is 12.3. The molecule has 1 saturated carbocycles. The highest BCUT2D eigenvalue weighted by Crippen LogP contribution is 2.28. The molecular formula is C17H22ClN3O3. The van der Waals surface area contributed by atoms with Gasteiger partial charge in [0.25, 0.3) is 0 Å². The number of hydrogen-bond donors (Lipinski definition) is 3. The Balaban J connectivity index is 1.62. The number of fused-ring (bicyclic) bond motifs is 1. The molecule has 1 aromatic carbocycles. The lowest BCUT2D eigenvalue weighted by Crippen LogP contribution is -2.65. The second-order valence-electron chi connectivity index (χ2n) is 6.32. The van der Waals surface area contributed by atoms with Gasteiger partial charge in [0.15, 0.2) is 0 Å². The number of hydrogen-bond acceptors (Lipinski definition) is 4. The van der Waals surface area contributed by atoms with Gasteiger partial charge in [-0.25, -0.2) is 0 Å². The third-order valence-electron chi connectivity index (χ3n) is 4.65. The van der Waals surface area contributed by atoms with Crippen LogP contribution < -0.4 is 20.7 Å². The van der Waals surface area contributed by atoms with Crippen molar-refractivity contribution in [2.45, 2.75) is 50.2 Å². The smallest absolute Gasteiger partial charge is 0.237 e. The van der Waals surface area contributed by atoms with Crippen LogP contribution in [-0.2, 0) is 9.59 Å². The van der Waals surface area contributed by atoms with Gasteiger partial charge in [0.2, 0.25) is 11.8 Å². The number of halogens is 1. The molecule has 0 bridgehead atoms. The van der Waals surface area contributed by atoms with Crippen LogP contribution in [0.1, 0.15) is 32.1 Å². The monoisotopic (exact) mass is 351 g/mol. The normalized spacial score (nSPS) is 26.2. The van der Waals surface area contributed by atoms with Gasteiger partial charge in [-0.05, 0) is 31.0 Å². The van der Waals surface area contributed by atoms with Crippen molar-refractivity contribution in [1.82, 2.24) is 10.6 Å². The summed E-state index contributed by atoms with van der Waals surface area (Å²) in [4.78, 5) is 24.6. The van der Waals surface area contributed by atoms with Crippen molar-refractivity contribution in [2.75, 3.05) is 12.4 Å². The Hall–Kier alpha value is -1.79. The summed E-state index contributed by atoms with van der Waals surface area (Å²) in [7, 11) is 1.53. The van der Waals surface area contributed by atoms with E-state index < -0.39 is 6.04 Å². The summed E-state index contributed by atoms with van der Waals surface area (Å²) in [6, 6.07) is 4.96. The lowest BCUT2D eigenvalue weighted by atomic mass is 9.87. The number of carbonyl (C=O) groups is 2. The molecule has 2 amide bonds. The first-order valence-electron chi connectivity index (χ1n) is 8.26. The van der Waals surface area contributed by atoms with Crippen molar-refractivity contribution in [1.29, 1.82) is 0 Å². The first-order chi connectivity index (χ1) is 11.6. The number of benzene rings is 1. The van der Waals surface area contributed by atoms with E-state index in [-0.39, 0.29) is 30.3 Å². The topological polar surface area (TPSA) is 79.5 Å². The van der Waals surface area contributed by atoms with Gasteiger partial charge in [0.1, 0.15) is 5.75 Å². The van der Waals surface area contributed by atoms with E-state index in [1.165, 1.54) is 7.11 Å². The molecule has 1 aromatic rings. The van der Waals surface area contributed by atoms with E-state index in [2.05, 4.69) is 16.0 Å². The van der Waals surface area contributed by atoms with Gasteiger partial charge in [-0.2, -0.15) is 0 Å². The second-order valence-corrected chi connectivity index (χ2v) is 6.76. The first kappa shape index (κ1) is 17.0. The molecule has 3 atom stereocenters. The Morgan fingerprint density at radius 1 is 1.33 bits per heavy atom. The molecule has 130 valence electrons. The maximum Gasteiger partial charge on any atom is 0.237 e. The molecule has 1 saturated heterocycles. The van der Waals surface area contributed by atoms with Gasteiger partial charge >= 0.3 is 0 Å². The number of nitrogens with one attached hydrogen (secondary N) is 3. The largest absolute Gasteiger partial charge is 0.495 e. The van der Waals surface area contributed by atoms with Crippen LogP contribution >= 0.6 is 11.6 Å². The van der Waals surface area contributed by atoms with Gasteiger partial charge in [-0.1, -0.05) is 24.4 Å². The van der Waals surface area contributed by atoms with Gasteiger partial charge < -0.3 is 20.7 Å². The maximum absolute atomic E-state index is 12.3. The highest BCUT2D eigenvalue weighted by atomic mass is 35.5. The summed E-state index contributed by atoms with van der Waals surface area (Å²) in [5, 5.41) is 9.65. The highest BCUT2D eigenvalue weighted by Gasteiger charge is 2.37. The number of amides is 2. The minimum atomic E-state index is -0.505. The highest BCUT2D eigenvalue weighted by molar-refractivity contribution is 6.31. The molecule has 1 aliphatic carbocycles. The van der Waals surface area contributed by atoms with Crippen LogP contribution in [0.4, 0.5) is 5.69 Å². The zero-order valence-corrected chi connectivity index (χ0v) is 14.4. The second kappa shape index (κ2) is 7.40. The average molecular weight is 352 g/mol. The van der Waals surface area contributed by atoms with Gasteiger partial charge in [0, 0.05) is 17.1 Å². The number of ether oxygens (including phenoxy) is 1. The summed E-state index contributed by atoms with van der Waals surface area (Å²) >= 11 is 5.97. The molecule has 0 radical (unpaired) electrons. The third kappa shape index (κ3) is 3.82. The summed E-state index contributed by atoms with van der Waals surface area (Å²) < 4.78 is 5.21. The molecule has 24 heavy (non-hydrogen) atoms. The molecule has 2 aliphatic rings. The van der Waals surface area contributed by atoms with E-state index in [1.807, 2.05) is 0 Å². The van der Waals surface area contributed by atoms with Crippen LogP contribution in [0.25, 0.3) is 0 Å². The van der Waals surface area contributed by atoms with Crippen molar-refractivity contribution in [3.8, 4) is 5.75 Å². The molecule has 7 heteroatoms. The van der Waals surface area contributed by atoms with Crippen LogP contribution in [-0.4, -0.2) is 37.0 Å². The Kier molecular flexibility index (Phi) is 5.26. The standard InChI is InChI=1S/C17H22ClN3O3/c1-24-15-7-6-10(18)8-13(15)20-16(22)9-14-17(23)21-12-5-3-2-4-11(12)19-14/h6-8,11-12,14,19H,2-5,9H2,1H3,(H,20,22)(H,21,23)/t11-,12+,14-/m1/s1. The van der Waals surface area contributed by atoms with Gasteiger partial charge in [-0.15, -0.1) is 0 Å². The zero-order chi connectivity index (χ0) is 17.1. The molecule has 2 fully saturated rings. The fourth-order valence-corrected chi connectivity index (χ4v) is 3.61. The average Bonchev–Trinajstić information content (AvgIpc) is 2.55. The Labute approximate surface area is 146 Å². The Morgan fingerprint density at radius 2 is 2.08 bits per heavy atom. The third-order valence-corrected chi connectivity index (χ3v) is 4.89. The lowest BCUT2D eigenvalue weighted by Gasteiger charge is -2.40. The number of carbonyl (C=O) groups excluding carboxylic acids is 2. The molecule has 6 nitrogen and oxygen atoms in total. The van der Waals surface area contributed by atoms with Gasteiger partial charge in [-0.3, -0.25) is 9.59 Å². The van der Waals surface area contributed by atoms with Crippen LogP contribution in [0.2, 0.25) is 5.02 Å². The first-order valence-corrected chi connectivity index (χ1v) is 8.64. The molecule has 3 rings (SSSR count). The predicted octanol–water partition coefficient (Wildman–Crippen LogP) is 2.08. The van der Waals surface area contributed by atoms with Crippen molar-refractivity contribution in [2.24, 2.45) is 0 Å². The fraction of sp³-hybridized carbons (Fsp3) is 0.529. The summed E-state index contributed by atoms with van der Waals surface area (Å²) in [6.07, 6.45) is 4.41. The van der Waals surface area contributed by atoms with Crippen molar-refractivity contribution < 1.29 is 14.3 Å². The minimum absolute atomic E-state index is 0.0741. The molecule has 0 aromatic heterocycles. The number of methoxy groups -OCH3 is 1. The number of anilines is 1. The van der Waals surface area contributed by atoms with E-state index in [0.717, 1.165) is 25.7 Å². The number of piperazine rings is 1. The molecule has 1 heterocycles. The summed E-state index contributed by atoms with van der Waals surface area (Å²) in [6.45, 7) is 0. The van der Waals surface area contributed by atoms with E-state index >= 15 is 0 Å². The SMILES string of the molecule is COc1ccc(Cl)cc1NC(=O)C[C@H]1N[C@@H]2CCCC[C@@H]2NC1=O. The van der Waals surface area contributed by atoms with Crippen LogP contribution in [0.5, 0.6) is 5.75 Å². The zero-order valence-electron chi connectivity index (χ0n) is 13.6. The van der Waals surface area contributed by atoms with Crippen LogP contribution in [0.15, 0.2) is 18.2 Å².